The first-order chi connectivity index (χ1) is 15.4. The zero-order valence-electron chi connectivity index (χ0n) is 17.6. The van der Waals surface area contributed by atoms with Crippen LogP contribution in [0.5, 0.6) is 0 Å². The van der Waals surface area contributed by atoms with Crippen molar-refractivity contribution in [1.82, 2.24) is 0 Å². The normalized spacial score (nSPS) is 15.8. The van der Waals surface area contributed by atoms with Crippen molar-refractivity contribution in [2.24, 2.45) is 4.99 Å². The van der Waals surface area contributed by atoms with Crippen LogP contribution in [0.2, 0.25) is 0 Å². The van der Waals surface area contributed by atoms with Crippen molar-refractivity contribution in [3.63, 3.8) is 0 Å². The fourth-order valence-electron chi connectivity index (χ4n) is 4.44. The average Bonchev–Trinajstić information content (AvgIpc) is 2.85. The van der Waals surface area contributed by atoms with E-state index in [-0.39, 0.29) is 6.04 Å². The summed E-state index contributed by atoms with van der Waals surface area (Å²) in [6.45, 7) is 0. The van der Waals surface area contributed by atoms with Gasteiger partial charge >= 0.3 is 0 Å². The lowest BCUT2D eigenvalue weighted by Gasteiger charge is -2.23. The van der Waals surface area contributed by atoms with Gasteiger partial charge in [-0.2, -0.15) is 0 Å². The third-order valence-electron chi connectivity index (χ3n) is 5.94. The van der Waals surface area contributed by atoms with Crippen molar-refractivity contribution in [2.75, 3.05) is 0 Å². The Bertz CT molecular complexity index is 1130. The SMILES string of the molecule is C(=NC1CCCc2ccccc21)c1ccccc1P(c1ccccc1)c1ccccc1. The second-order valence-corrected chi connectivity index (χ2v) is 10.1. The van der Waals surface area contributed by atoms with Crippen LogP contribution in [0.3, 0.4) is 0 Å². The Hall–Kier alpha value is -3.02. The molecule has 4 aromatic rings. The van der Waals surface area contributed by atoms with Crippen molar-refractivity contribution < 1.29 is 0 Å². The van der Waals surface area contributed by atoms with E-state index in [0.717, 1.165) is 6.42 Å². The Kier molecular flexibility index (Phi) is 6.05. The van der Waals surface area contributed by atoms with Gasteiger partial charge in [0.15, 0.2) is 0 Å². The van der Waals surface area contributed by atoms with Crippen LogP contribution < -0.4 is 15.9 Å². The minimum atomic E-state index is -0.640. The van der Waals surface area contributed by atoms with Crippen molar-refractivity contribution in [3.05, 3.63) is 126 Å². The first kappa shape index (κ1) is 19.9. The highest BCUT2D eigenvalue weighted by Crippen LogP contribution is 2.35. The maximum Gasteiger partial charge on any atom is 0.0752 e. The number of hydrogen-bond acceptors (Lipinski definition) is 1. The topological polar surface area (TPSA) is 12.4 Å². The smallest absolute Gasteiger partial charge is 0.0752 e. The van der Waals surface area contributed by atoms with Crippen LogP contribution in [0, 0.1) is 0 Å². The lowest BCUT2D eigenvalue weighted by molar-refractivity contribution is 0.574. The van der Waals surface area contributed by atoms with Crippen LogP contribution in [0.1, 0.15) is 35.6 Å². The number of benzene rings is 4. The van der Waals surface area contributed by atoms with Gasteiger partial charge in [0, 0.05) is 11.8 Å². The average molecular weight is 420 g/mol. The summed E-state index contributed by atoms with van der Waals surface area (Å²) in [6, 6.07) is 39.6. The van der Waals surface area contributed by atoms with E-state index in [4.69, 9.17) is 4.99 Å². The molecule has 0 saturated carbocycles. The van der Waals surface area contributed by atoms with Gasteiger partial charge in [0.25, 0.3) is 0 Å². The molecule has 0 N–H and O–H groups in total. The molecule has 0 heterocycles. The van der Waals surface area contributed by atoms with Gasteiger partial charge in [0.1, 0.15) is 0 Å². The highest BCUT2D eigenvalue weighted by atomic mass is 31.1. The summed E-state index contributed by atoms with van der Waals surface area (Å²) in [4.78, 5) is 5.11. The number of aliphatic imine (C=N–C) groups is 1. The lowest BCUT2D eigenvalue weighted by Crippen LogP contribution is -2.23. The summed E-state index contributed by atoms with van der Waals surface area (Å²) < 4.78 is 0. The van der Waals surface area contributed by atoms with E-state index in [1.807, 2.05) is 0 Å². The second-order valence-electron chi connectivity index (χ2n) is 7.95. The summed E-state index contributed by atoms with van der Waals surface area (Å²) in [5.41, 5.74) is 4.08. The molecule has 0 fully saturated rings. The highest BCUT2D eigenvalue weighted by molar-refractivity contribution is 7.80. The molecule has 1 atom stereocenters. The number of fused-ring (bicyclic) bond motifs is 1. The van der Waals surface area contributed by atoms with Gasteiger partial charge in [-0.25, -0.2) is 0 Å². The predicted molar refractivity (Wildman–Crippen MR) is 135 cm³/mol. The van der Waals surface area contributed by atoms with Crippen molar-refractivity contribution in [3.8, 4) is 0 Å². The fraction of sp³-hybridized carbons (Fsp3) is 0.138. The van der Waals surface area contributed by atoms with Crippen LogP contribution in [0.15, 0.2) is 114 Å². The molecule has 0 aliphatic heterocycles. The maximum atomic E-state index is 5.11. The van der Waals surface area contributed by atoms with Crippen LogP contribution in [-0.4, -0.2) is 6.21 Å². The Labute approximate surface area is 186 Å². The third-order valence-corrected chi connectivity index (χ3v) is 8.46. The quantitative estimate of drug-likeness (QED) is 0.280. The number of rotatable bonds is 5. The van der Waals surface area contributed by atoms with Crippen LogP contribution >= 0.6 is 7.92 Å². The first-order valence-electron chi connectivity index (χ1n) is 11.0. The Morgan fingerprint density at radius 2 is 1.29 bits per heavy atom. The van der Waals surface area contributed by atoms with E-state index in [1.165, 1.54) is 45.4 Å². The van der Waals surface area contributed by atoms with Crippen LogP contribution in [0.25, 0.3) is 0 Å². The molecule has 1 aliphatic carbocycles. The van der Waals surface area contributed by atoms with Gasteiger partial charge < -0.3 is 0 Å². The van der Waals surface area contributed by atoms with E-state index in [9.17, 15) is 0 Å². The zero-order valence-corrected chi connectivity index (χ0v) is 18.5. The largest absolute Gasteiger partial charge is 0.284 e. The van der Waals surface area contributed by atoms with Gasteiger partial charge in [-0.05, 0) is 54.2 Å². The predicted octanol–water partition coefficient (Wildman–Crippen LogP) is 5.94. The molecule has 0 saturated heterocycles. The van der Waals surface area contributed by atoms with Gasteiger partial charge in [-0.15, -0.1) is 0 Å². The van der Waals surface area contributed by atoms with E-state index in [2.05, 4.69) is 115 Å². The molecule has 2 heteroatoms. The highest BCUT2D eigenvalue weighted by Gasteiger charge is 2.20. The standard InChI is InChI=1S/C29H26NP/c1-3-15-25(16-4-1)31(26-17-5-2-6-18-26)29-21-10-8-13-24(29)22-30-28-20-11-14-23-12-7-9-19-27(23)28/h1-10,12-13,15-19,21-22,28H,11,14,20H2. The summed E-state index contributed by atoms with van der Waals surface area (Å²) >= 11 is 0. The molecule has 1 unspecified atom stereocenters. The molecule has 0 aromatic heterocycles. The molecule has 1 nitrogen and oxygen atoms in total. The second kappa shape index (κ2) is 9.41. The first-order valence-corrected chi connectivity index (χ1v) is 12.3. The molecular formula is C29H26NP. The molecule has 0 bridgehead atoms. The fourth-order valence-corrected chi connectivity index (χ4v) is 6.86. The molecule has 4 aromatic carbocycles. The lowest BCUT2D eigenvalue weighted by atomic mass is 9.88. The van der Waals surface area contributed by atoms with E-state index < -0.39 is 7.92 Å². The molecule has 0 spiro atoms. The molecule has 152 valence electrons. The minimum Gasteiger partial charge on any atom is -0.284 e. The Morgan fingerprint density at radius 1 is 0.677 bits per heavy atom. The van der Waals surface area contributed by atoms with Gasteiger partial charge in [-0.3, -0.25) is 4.99 Å². The Balaban J connectivity index is 1.55. The third kappa shape index (κ3) is 4.38. The molecule has 5 rings (SSSR count). The summed E-state index contributed by atoms with van der Waals surface area (Å²) in [7, 11) is -0.640. The van der Waals surface area contributed by atoms with E-state index in [0.29, 0.717) is 0 Å². The minimum absolute atomic E-state index is 0.262. The van der Waals surface area contributed by atoms with Gasteiger partial charge in [0.2, 0.25) is 0 Å². The number of nitrogens with zero attached hydrogens (tertiary/aromatic N) is 1. The summed E-state index contributed by atoms with van der Waals surface area (Å²) in [5.74, 6) is 0. The summed E-state index contributed by atoms with van der Waals surface area (Å²) in [5, 5.41) is 4.10. The Morgan fingerprint density at radius 3 is 2.03 bits per heavy atom. The van der Waals surface area contributed by atoms with E-state index >= 15 is 0 Å². The molecule has 31 heavy (non-hydrogen) atoms. The van der Waals surface area contributed by atoms with E-state index in [1.54, 1.807) is 0 Å². The van der Waals surface area contributed by atoms with Crippen molar-refractivity contribution in [2.45, 2.75) is 25.3 Å². The van der Waals surface area contributed by atoms with Gasteiger partial charge in [-0.1, -0.05) is 109 Å². The van der Waals surface area contributed by atoms with Crippen molar-refractivity contribution >= 4 is 30.0 Å². The maximum absolute atomic E-state index is 5.11. The monoisotopic (exact) mass is 419 g/mol. The van der Waals surface area contributed by atoms with Crippen molar-refractivity contribution in [1.29, 1.82) is 0 Å². The summed E-state index contributed by atoms with van der Waals surface area (Å²) in [6.07, 6.45) is 5.64. The zero-order chi connectivity index (χ0) is 20.9. The number of aryl methyl sites for hydroxylation is 1. The molecule has 0 radical (unpaired) electrons. The molecule has 0 amide bonds. The molecular weight excluding hydrogens is 393 g/mol. The number of hydrogen-bond donors (Lipinski definition) is 0. The van der Waals surface area contributed by atoms with Crippen LogP contribution in [-0.2, 0) is 6.42 Å². The van der Waals surface area contributed by atoms with Gasteiger partial charge in [0.05, 0.1) is 6.04 Å². The molecule has 1 aliphatic rings. The van der Waals surface area contributed by atoms with Crippen LogP contribution in [0.4, 0.5) is 0 Å².